The Hall–Kier alpha value is -2.80. The number of benzene rings is 2. The number of hydrogen-bond donors (Lipinski definition) is 1. The average molecular weight is 418 g/mol. The lowest BCUT2D eigenvalue weighted by atomic mass is 9.91. The van der Waals surface area contributed by atoms with Gasteiger partial charge in [0, 0.05) is 0 Å². The Labute approximate surface area is 169 Å². The summed E-state index contributed by atoms with van der Waals surface area (Å²) in [5.74, 6) is -2.76. The number of carbonyl (C=O) groups is 2. The van der Waals surface area contributed by atoms with Crippen molar-refractivity contribution in [2.45, 2.75) is 19.8 Å². The summed E-state index contributed by atoms with van der Waals surface area (Å²) in [7, 11) is -4.12. The van der Waals surface area contributed by atoms with Crippen molar-refractivity contribution >= 4 is 24.9 Å². The number of nitrogens with zero attached hydrogens (tertiary/aromatic N) is 1. The van der Waals surface area contributed by atoms with Gasteiger partial charge in [-0.3, -0.25) is 9.36 Å². The van der Waals surface area contributed by atoms with Crippen LogP contribution in [0.2, 0.25) is 0 Å². The Balaban J connectivity index is 2.39. The Morgan fingerprint density at radius 3 is 1.76 bits per heavy atom. The zero-order valence-corrected chi connectivity index (χ0v) is 17.1. The summed E-state index contributed by atoms with van der Waals surface area (Å²) in [6.45, 7) is 3.09. The summed E-state index contributed by atoms with van der Waals surface area (Å²) in [6.07, 6.45) is 0. The molecule has 154 valence electrons. The first kappa shape index (κ1) is 22.5. The summed E-state index contributed by atoms with van der Waals surface area (Å²) in [5, 5.41) is 3.48. The highest BCUT2D eigenvalue weighted by Gasteiger charge is 2.37. The van der Waals surface area contributed by atoms with E-state index < -0.39 is 30.8 Å². The molecule has 9 heteroatoms. The minimum atomic E-state index is -4.12. The van der Waals surface area contributed by atoms with Gasteiger partial charge in [-0.05, 0) is 25.0 Å². The van der Waals surface area contributed by atoms with Crippen LogP contribution in [0.4, 0.5) is 0 Å². The molecule has 0 radical (unpaired) electrons. The zero-order valence-electron chi connectivity index (χ0n) is 16.2. The smallest absolute Gasteiger partial charge is 0.364 e. The van der Waals surface area contributed by atoms with Gasteiger partial charge in [0.15, 0.2) is 0 Å². The fraction of sp³-hybridized carbons (Fsp3) is 0.250. The molecule has 0 aliphatic carbocycles. The average Bonchev–Trinajstić information content (AvgIpc) is 2.70. The van der Waals surface area contributed by atoms with Crippen LogP contribution in [0.1, 0.15) is 30.9 Å². The Bertz CT molecular complexity index is 852. The van der Waals surface area contributed by atoms with Crippen LogP contribution in [0.15, 0.2) is 65.8 Å². The molecule has 29 heavy (non-hydrogen) atoms. The van der Waals surface area contributed by atoms with Crippen LogP contribution in [-0.2, 0) is 28.0 Å². The first-order valence-corrected chi connectivity index (χ1v) is 10.6. The van der Waals surface area contributed by atoms with E-state index >= 15 is 0 Å². The molecule has 2 aromatic carbocycles. The van der Waals surface area contributed by atoms with Gasteiger partial charge in [0.25, 0.3) is 11.4 Å². The second-order valence-corrected chi connectivity index (χ2v) is 7.71. The maximum absolute atomic E-state index is 12.9. The number of carbonyl (C=O) groups excluding carboxylic acids is 2. The molecular formula is C20H23N2O6P. The van der Waals surface area contributed by atoms with E-state index in [2.05, 4.69) is 5.16 Å². The number of amides is 1. The van der Waals surface area contributed by atoms with E-state index in [4.69, 9.17) is 19.6 Å². The normalized spacial score (nSPS) is 12.0. The second kappa shape index (κ2) is 10.7. The fourth-order valence-electron chi connectivity index (χ4n) is 2.63. The number of primary amides is 1. The molecule has 8 nitrogen and oxygen atoms in total. The molecule has 0 atom stereocenters. The van der Waals surface area contributed by atoms with E-state index in [9.17, 15) is 14.2 Å². The molecule has 0 fully saturated rings. The maximum Gasteiger partial charge on any atom is 0.388 e. The third-order valence-electron chi connectivity index (χ3n) is 3.80. The third-order valence-corrected chi connectivity index (χ3v) is 5.82. The van der Waals surface area contributed by atoms with Crippen molar-refractivity contribution in [1.29, 1.82) is 0 Å². The number of oxime groups is 1. The van der Waals surface area contributed by atoms with Crippen LogP contribution in [0.5, 0.6) is 0 Å². The molecule has 0 aliphatic rings. The molecule has 1 amide bonds. The first-order valence-electron chi connectivity index (χ1n) is 9.01. The van der Waals surface area contributed by atoms with Crippen LogP contribution in [-0.4, -0.2) is 30.5 Å². The van der Waals surface area contributed by atoms with E-state index in [0.29, 0.717) is 11.1 Å². The highest BCUT2D eigenvalue weighted by molar-refractivity contribution is 7.75. The molecule has 0 heterocycles. The first-order chi connectivity index (χ1) is 13.9. The summed E-state index contributed by atoms with van der Waals surface area (Å²) in [4.78, 5) is 29.6. The standard InChI is InChI=1S/C20H23N2O6P/c1-3-26-29(25,27-4-2)19(18(21)23)22-28-20(24)17(15-11-7-5-8-12-15)16-13-9-6-10-14-16/h5-14,17H,3-4H2,1-2H3,(H2,21,23)/b22-19-. The number of rotatable bonds is 10. The maximum atomic E-state index is 12.9. The molecule has 0 spiro atoms. The van der Waals surface area contributed by atoms with E-state index in [1.165, 1.54) is 0 Å². The lowest BCUT2D eigenvalue weighted by molar-refractivity contribution is -0.144. The SMILES string of the molecule is CCOP(=O)(OCC)/C(=N\OC(=O)C(c1ccccc1)c1ccccc1)C(N)=O. The summed E-state index contributed by atoms with van der Waals surface area (Å²) < 4.78 is 22.9. The lowest BCUT2D eigenvalue weighted by Crippen LogP contribution is -2.26. The van der Waals surface area contributed by atoms with Crippen molar-refractivity contribution in [1.82, 2.24) is 0 Å². The van der Waals surface area contributed by atoms with Gasteiger partial charge in [0.1, 0.15) is 5.92 Å². The number of hydrogen-bond acceptors (Lipinski definition) is 7. The largest absolute Gasteiger partial charge is 0.388 e. The van der Waals surface area contributed by atoms with Gasteiger partial charge in [0.2, 0.25) is 0 Å². The molecule has 0 bridgehead atoms. The van der Waals surface area contributed by atoms with Crippen molar-refractivity contribution in [3.8, 4) is 0 Å². The van der Waals surface area contributed by atoms with E-state index in [-0.39, 0.29) is 13.2 Å². The van der Waals surface area contributed by atoms with Crippen molar-refractivity contribution in [3.63, 3.8) is 0 Å². The second-order valence-electron chi connectivity index (χ2n) is 5.78. The molecule has 0 unspecified atom stereocenters. The summed E-state index contributed by atoms with van der Waals surface area (Å²) >= 11 is 0. The van der Waals surface area contributed by atoms with Crippen molar-refractivity contribution < 1.29 is 28.0 Å². The van der Waals surface area contributed by atoms with Crippen LogP contribution < -0.4 is 5.73 Å². The fourth-order valence-corrected chi connectivity index (χ4v) is 4.04. The van der Waals surface area contributed by atoms with Crippen molar-refractivity contribution in [2.24, 2.45) is 10.9 Å². The van der Waals surface area contributed by atoms with Gasteiger partial charge in [-0.1, -0.05) is 65.8 Å². The van der Waals surface area contributed by atoms with E-state index in [1.807, 2.05) is 12.1 Å². The highest BCUT2D eigenvalue weighted by Crippen LogP contribution is 2.49. The van der Waals surface area contributed by atoms with E-state index in [1.54, 1.807) is 62.4 Å². The lowest BCUT2D eigenvalue weighted by Gasteiger charge is -2.17. The molecule has 2 aromatic rings. The molecule has 0 aliphatic heterocycles. The predicted molar refractivity (Wildman–Crippen MR) is 108 cm³/mol. The van der Waals surface area contributed by atoms with Gasteiger partial charge >= 0.3 is 13.6 Å². The Kier molecular flexibility index (Phi) is 8.27. The van der Waals surface area contributed by atoms with Gasteiger partial charge < -0.3 is 19.6 Å². The quantitative estimate of drug-likeness (QED) is 0.273. The third kappa shape index (κ3) is 5.84. The zero-order chi connectivity index (χ0) is 21.3. The van der Waals surface area contributed by atoms with Crippen molar-refractivity contribution in [3.05, 3.63) is 71.8 Å². The number of nitrogens with two attached hydrogens (primary N) is 1. The molecule has 2 N–H and O–H groups in total. The topological polar surface area (TPSA) is 117 Å². The van der Waals surface area contributed by atoms with Crippen LogP contribution in [0.3, 0.4) is 0 Å². The predicted octanol–water partition coefficient (Wildman–Crippen LogP) is 3.43. The monoisotopic (exact) mass is 418 g/mol. The van der Waals surface area contributed by atoms with E-state index in [0.717, 1.165) is 0 Å². The molecule has 2 rings (SSSR count). The van der Waals surface area contributed by atoms with Gasteiger partial charge in [-0.15, -0.1) is 0 Å². The molecule has 0 saturated heterocycles. The Morgan fingerprint density at radius 2 is 1.38 bits per heavy atom. The van der Waals surface area contributed by atoms with Crippen molar-refractivity contribution in [2.75, 3.05) is 13.2 Å². The van der Waals surface area contributed by atoms with Gasteiger partial charge in [0.05, 0.1) is 13.2 Å². The molecule has 0 saturated carbocycles. The minimum Gasteiger partial charge on any atom is -0.364 e. The van der Waals surface area contributed by atoms with Gasteiger partial charge in [-0.2, -0.15) is 0 Å². The van der Waals surface area contributed by atoms with Crippen LogP contribution in [0, 0.1) is 0 Å². The summed E-state index contributed by atoms with van der Waals surface area (Å²) in [6, 6.07) is 17.9. The molecule has 0 aromatic heterocycles. The van der Waals surface area contributed by atoms with Gasteiger partial charge in [-0.25, -0.2) is 4.79 Å². The minimum absolute atomic E-state index is 0.0197. The highest BCUT2D eigenvalue weighted by atomic mass is 31.2. The molecular weight excluding hydrogens is 395 g/mol. The van der Waals surface area contributed by atoms with Crippen LogP contribution in [0.25, 0.3) is 0 Å². The Morgan fingerprint density at radius 1 is 0.931 bits per heavy atom. The summed E-state index contributed by atoms with van der Waals surface area (Å²) in [5.41, 5.74) is 5.83. The van der Waals surface area contributed by atoms with Crippen LogP contribution >= 0.6 is 7.60 Å².